The Morgan fingerprint density at radius 2 is 1.00 bits per heavy atom. The fourth-order valence-corrected chi connectivity index (χ4v) is 2.29. The first-order chi connectivity index (χ1) is 12.4. The summed E-state index contributed by atoms with van der Waals surface area (Å²) in [6.45, 7) is 4.00. The normalized spacial score (nSPS) is 12.0. The molecule has 0 radical (unpaired) electrons. The van der Waals surface area contributed by atoms with Crippen LogP contribution >= 0.6 is 0 Å². The fourth-order valence-electron chi connectivity index (χ4n) is 2.29. The van der Waals surface area contributed by atoms with Crippen LogP contribution in [0.25, 0.3) is 0 Å². The molecule has 2 rings (SSSR count). The number of hydrogen-bond donors (Lipinski definition) is 2. The molecule has 0 bridgehead atoms. The van der Waals surface area contributed by atoms with E-state index in [0.717, 1.165) is 0 Å². The van der Waals surface area contributed by atoms with Crippen LogP contribution in [-0.2, 0) is 0 Å². The number of nitrogens with zero attached hydrogens (tertiary/aromatic N) is 2. The molecule has 2 N–H and O–H groups in total. The molecule has 2 aromatic rings. The van der Waals surface area contributed by atoms with E-state index in [9.17, 15) is 30.4 Å². The van der Waals surface area contributed by atoms with E-state index in [-0.39, 0.29) is 31.6 Å². The third kappa shape index (κ3) is 7.12. The molecular formula is C19H26N2O6. The quantitative estimate of drug-likeness (QED) is 0.530. The maximum absolute atomic E-state index is 10.6. The summed E-state index contributed by atoms with van der Waals surface area (Å²) in [5.74, 6) is 0. The van der Waals surface area contributed by atoms with Crippen molar-refractivity contribution >= 4 is 11.4 Å². The SMILES string of the molecule is C.CC.O=[N+]([O-])c1ccc(C(O)CCC(O)c2ccc([N+](=O)[O-])cc2)cc1. The minimum Gasteiger partial charge on any atom is -0.388 e. The topological polar surface area (TPSA) is 127 Å². The van der Waals surface area contributed by atoms with Gasteiger partial charge in [0.05, 0.1) is 22.1 Å². The van der Waals surface area contributed by atoms with E-state index in [1.54, 1.807) is 0 Å². The Balaban J connectivity index is 0.00000218. The summed E-state index contributed by atoms with van der Waals surface area (Å²) >= 11 is 0. The molecule has 0 aromatic heterocycles. The van der Waals surface area contributed by atoms with Gasteiger partial charge in [-0.05, 0) is 48.2 Å². The van der Waals surface area contributed by atoms with Crippen molar-refractivity contribution in [3.05, 3.63) is 79.9 Å². The van der Waals surface area contributed by atoms with E-state index < -0.39 is 22.1 Å². The Morgan fingerprint density at radius 3 is 1.22 bits per heavy atom. The molecule has 0 fully saturated rings. The second kappa shape index (κ2) is 11.7. The first-order valence-corrected chi connectivity index (χ1v) is 8.23. The molecule has 0 amide bonds. The fraction of sp³-hybridized carbons (Fsp3) is 0.368. The summed E-state index contributed by atoms with van der Waals surface area (Å²) in [5, 5.41) is 41.4. The lowest BCUT2D eigenvalue weighted by Crippen LogP contribution is -2.03. The number of hydrogen-bond acceptors (Lipinski definition) is 6. The molecule has 148 valence electrons. The number of aliphatic hydroxyl groups excluding tert-OH is 2. The van der Waals surface area contributed by atoms with Crippen LogP contribution in [0.1, 0.15) is 57.5 Å². The van der Waals surface area contributed by atoms with Gasteiger partial charge in [0.2, 0.25) is 0 Å². The van der Waals surface area contributed by atoms with Crippen molar-refractivity contribution in [1.29, 1.82) is 0 Å². The number of non-ortho nitro benzene ring substituents is 2. The third-order valence-electron chi connectivity index (χ3n) is 3.69. The average Bonchev–Trinajstić information content (AvgIpc) is 2.67. The molecule has 0 saturated heterocycles. The van der Waals surface area contributed by atoms with Gasteiger partial charge in [0.15, 0.2) is 0 Å². The molecule has 27 heavy (non-hydrogen) atoms. The zero-order valence-corrected chi connectivity index (χ0v) is 14.6. The molecule has 8 heteroatoms. The molecule has 0 heterocycles. The van der Waals surface area contributed by atoms with Gasteiger partial charge in [-0.2, -0.15) is 0 Å². The summed E-state index contributed by atoms with van der Waals surface area (Å²) < 4.78 is 0. The largest absolute Gasteiger partial charge is 0.388 e. The number of nitro benzene ring substituents is 2. The minimum atomic E-state index is -0.862. The van der Waals surface area contributed by atoms with Crippen LogP contribution < -0.4 is 0 Å². The molecule has 2 unspecified atom stereocenters. The number of rotatable bonds is 7. The average molecular weight is 378 g/mol. The third-order valence-corrected chi connectivity index (χ3v) is 3.69. The molecule has 0 saturated carbocycles. The van der Waals surface area contributed by atoms with Crippen LogP contribution in [0.4, 0.5) is 11.4 Å². The van der Waals surface area contributed by atoms with Gasteiger partial charge in [0.25, 0.3) is 11.4 Å². The van der Waals surface area contributed by atoms with E-state index in [0.29, 0.717) is 11.1 Å². The molecule has 2 atom stereocenters. The number of benzene rings is 2. The summed E-state index contributed by atoms with van der Waals surface area (Å²) in [5.41, 5.74) is 0.932. The molecule has 0 aliphatic heterocycles. The van der Waals surface area contributed by atoms with Gasteiger partial charge in [0, 0.05) is 24.3 Å². The van der Waals surface area contributed by atoms with Gasteiger partial charge < -0.3 is 10.2 Å². The highest BCUT2D eigenvalue weighted by Crippen LogP contribution is 2.27. The van der Waals surface area contributed by atoms with Crippen LogP contribution in [0.15, 0.2) is 48.5 Å². The zero-order chi connectivity index (χ0) is 19.7. The van der Waals surface area contributed by atoms with E-state index in [4.69, 9.17) is 0 Å². The van der Waals surface area contributed by atoms with Crippen molar-refractivity contribution in [2.24, 2.45) is 0 Å². The standard InChI is InChI=1S/C16H16N2O6.C2H6.CH4/c19-15(11-1-5-13(6-2-11)17(21)22)9-10-16(20)12-3-7-14(8-4-12)18(23)24;1-2;/h1-8,15-16,19-20H,9-10H2;1-2H3;1H4. The highest BCUT2D eigenvalue weighted by molar-refractivity contribution is 5.34. The van der Waals surface area contributed by atoms with Crippen LogP contribution in [0, 0.1) is 20.2 Å². The summed E-state index contributed by atoms with van der Waals surface area (Å²) in [6, 6.07) is 11.1. The van der Waals surface area contributed by atoms with Crippen LogP contribution in [0.3, 0.4) is 0 Å². The van der Waals surface area contributed by atoms with Crippen molar-refractivity contribution in [1.82, 2.24) is 0 Å². The lowest BCUT2D eigenvalue weighted by atomic mass is 9.99. The van der Waals surface area contributed by atoms with Gasteiger partial charge in [0.1, 0.15) is 0 Å². The predicted molar refractivity (Wildman–Crippen MR) is 103 cm³/mol. The van der Waals surface area contributed by atoms with Gasteiger partial charge >= 0.3 is 0 Å². The van der Waals surface area contributed by atoms with Gasteiger partial charge in [-0.3, -0.25) is 20.2 Å². The van der Waals surface area contributed by atoms with Crippen molar-refractivity contribution < 1.29 is 20.1 Å². The second-order valence-electron chi connectivity index (χ2n) is 5.31. The Bertz CT molecular complexity index is 652. The van der Waals surface area contributed by atoms with Crippen molar-refractivity contribution in [2.45, 2.75) is 46.3 Å². The summed E-state index contributed by atoms with van der Waals surface area (Å²) in [6.07, 6.45) is -1.23. The maximum Gasteiger partial charge on any atom is 0.269 e. The summed E-state index contributed by atoms with van der Waals surface area (Å²) in [7, 11) is 0. The van der Waals surface area contributed by atoms with Crippen LogP contribution in [0.2, 0.25) is 0 Å². The van der Waals surface area contributed by atoms with Crippen molar-refractivity contribution in [2.75, 3.05) is 0 Å². The maximum atomic E-state index is 10.6. The second-order valence-corrected chi connectivity index (χ2v) is 5.31. The molecular weight excluding hydrogens is 352 g/mol. The Hall–Kier alpha value is -2.84. The first kappa shape index (κ1) is 24.2. The Labute approximate surface area is 158 Å². The van der Waals surface area contributed by atoms with Gasteiger partial charge in [-0.15, -0.1) is 0 Å². The van der Waals surface area contributed by atoms with E-state index in [2.05, 4.69) is 0 Å². The minimum absolute atomic E-state index is 0. The zero-order valence-electron chi connectivity index (χ0n) is 14.6. The van der Waals surface area contributed by atoms with Gasteiger partial charge in [-0.25, -0.2) is 0 Å². The predicted octanol–water partition coefficient (Wildman–Crippen LogP) is 4.71. The lowest BCUT2D eigenvalue weighted by Gasteiger charge is -2.15. The van der Waals surface area contributed by atoms with E-state index >= 15 is 0 Å². The monoisotopic (exact) mass is 378 g/mol. The number of nitro groups is 2. The highest BCUT2D eigenvalue weighted by Gasteiger charge is 2.15. The molecule has 2 aromatic carbocycles. The Kier molecular flexibility index (Phi) is 10.5. The van der Waals surface area contributed by atoms with E-state index in [1.165, 1.54) is 48.5 Å². The smallest absolute Gasteiger partial charge is 0.269 e. The van der Waals surface area contributed by atoms with Crippen molar-refractivity contribution in [3.63, 3.8) is 0 Å². The molecule has 0 spiro atoms. The summed E-state index contributed by atoms with van der Waals surface area (Å²) in [4.78, 5) is 20.1. The van der Waals surface area contributed by atoms with Gasteiger partial charge in [-0.1, -0.05) is 21.3 Å². The molecule has 0 aliphatic rings. The van der Waals surface area contributed by atoms with Crippen LogP contribution in [-0.4, -0.2) is 20.1 Å². The Morgan fingerprint density at radius 1 is 0.741 bits per heavy atom. The first-order valence-electron chi connectivity index (χ1n) is 8.23. The lowest BCUT2D eigenvalue weighted by molar-refractivity contribution is -0.385. The molecule has 0 aliphatic carbocycles. The molecule has 8 nitrogen and oxygen atoms in total. The van der Waals surface area contributed by atoms with Crippen LogP contribution in [0.5, 0.6) is 0 Å². The van der Waals surface area contributed by atoms with Crippen molar-refractivity contribution in [3.8, 4) is 0 Å². The highest BCUT2D eigenvalue weighted by atomic mass is 16.6. The number of aliphatic hydroxyl groups is 2. The van der Waals surface area contributed by atoms with E-state index in [1.807, 2.05) is 13.8 Å².